The molecule has 0 spiro atoms. The van der Waals surface area contributed by atoms with Crippen LogP contribution in [0.1, 0.15) is 32.0 Å². The Hall–Kier alpha value is -3.09. The first-order valence-corrected chi connectivity index (χ1v) is 9.00. The highest BCUT2D eigenvalue weighted by Gasteiger charge is 2.43. The first-order chi connectivity index (χ1) is 12.8. The van der Waals surface area contributed by atoms with Crippen LogP contribution in [0.4, 0.5) is 0 Å². The highest BCUT2D eigenvalue weighted by Crippen LogP contribution is 2.32. The number of nitrogens with zero attached hydrogens (tertiary/aromatic N) is 3. The van der Waals surface area contributed by atoms with Crippen LogP contribution in [0.2, 0.25) is 0 Å². The van der Waals surface area contributed by atoms with E-state index in [0.717, 1.165) is 0 Å². The SMILES string of the molecule is CCN(C)C1=C(c2c(C)[nH]n(-c3ccccc3)c2=O)C(=O)N(C(C)C)C1=O. The summed E-state index contributed by atoms with van der Waals surface area (Å²) in [6.45, 7) is 7.75. The number of nitrogens with one attached hydrogen (secondary N) is 1. The lowest BCUT2D eigenvalue weighted by molar-refractivity contribution is -0.139. The molecule has 142 valence electrons. The number of imide groups is 1. The van der Waals surface area contributed by atoms with Crippen molar-refractivity contribution in [2.24, 2.45) is 0 Å². The molecule has 1 aliphatic rings. The number of benzene rings is 1. The third-order valence-electron chi connectivity index (χ3n) is 4.80. The lowest BCUT2D eigenvalue weighted by atomic mass is 10.1. The summed E-state index contributed by atoms with van der Waals surface area (Å²) < 4.78 is 1.40. The molecular weight excluding hydrogens is 344 g/mol. The molecule has 2 aromatic rings. The normalized spacial score (nSPS) is 14.7. The van der Waals surface area contributed by atoms with E-state index in [2.05, 4.69) is 5.10 Å². The van der Waals surface area contributed by atoms with Crippen molar-refractivity contribution in [1.82, 2.24) is 19.6 Å². The van der Waals surface area contributed by atoms with Crippen molar-refractivity contribution < 1.29 is 9.59 Å². The van der Waals surface area contributed by atoms with Gasteiger partial charge in [0.05, 0.1) is 16.8 Å². The standard InChI is InChI=1S/C20H24N4O3/c1-6-22(5)17-16(18(25)23(12(2)3)20(17)27)15-13(4)21-24(19(15)26)14-10-8-7-9-11-14/h7-12,21H,6H2,1-5H3. The summed E-state index contributed by atoms with van der Waals surface area (Å²) in [5, 5.41) is 3.03. The fourth-order valence-corrected chi connectivity index (χ4v) is 3.34. The zero-order chi connectivity index (χ0) is 19.9. The summed E-state index contributed by atoms with van der Waals surface area (Å²) in [4.78, 5) is 42.1. The van der Waals surface area contributed by atoms with E-state index in [1.54, 1.807) is 44.9 Å². The van der Waals surface area contributed by atoms with Crippen molar-refractivity contribution in [2.45, 2.75) is 33.7 Å². The van der Waals surface area contributed by atoms with E-state index in [-0.39, 0.29) is 34.3 Å². The number of para-hydroxylation sites is 1. The molecule has 0 saturated heterocycles. The Morgan fingerprint density at radius 3 is 2.26 bits per heavy atom. The average Bonchev–Trinajstić information content (AvgIpc) is 3.07. The largest absolute Gasteiger partial charge is 0.370 e. The molecule has 2 amide bonds. The van der Waals surface area contributed by atoms with Gasteiger partial charge in [-0.15, -0.1) is 0 Å². The Labute approximate surface area is 157 Å². The number of aromatic nitrogens is 2. The molecule has 0 fully saturated rings. The summed E-state index contributed by atoms with van der Waals surface area (Å²) in [7, 11) is 1.75. The van der Waals surface area contributed by atoms with Crippen LogP contribution in [0.5, 0.6) is 0 Å². The van der Waals surface area contributed by atoms with Gasteiger partial charge in [0.2, 0.25) is 0 Å². The summed E-state index contributed by atoms with van der Waals surface area (Å²) in [5.74, 6) is -0.787. The number of hydrogen-bond acceptors (Lipinski definition) is 4. The molecule has 0 unspecified atom stereocenters. The number of rotatable bonds is 5. The molecule has 7 heteroatoms. The van der Waals surface area contributed by atoms with Crippen molar-refractivity contribution in [3.8, 4) is 5.69 Å². The Bertz CT molecular complexity index is 982. The second-order valence-corrected chi connectivity index (χ2v) is 6.90. The summed E-state index contributed by atoms with van der Waals surface area (Å²) in [6, 6.07) is 8.84. The first-order valence-electron chi connectivity index (χ1n) is 9.00. The quantitative estimate of drug-likeness (QED) is 0.818. The molecule has 27 heavy (non-hydrogen) atoms. The van der Waals surface area contributed by atoms with Crippen LogP contribution in [0.15, 0.2) is 40.8 Å². The molecule has 1 aliphatic heterocycles. The molecule has 0 aliphatic carbocycles. The van der Waals surface area contributed by atoms with Crippen LogP contribution in [-0.2, 0) is 9.59 Å². The van der Waals surface area contributed by atoms with Gasteiger partial charge in [0, 0.05) is 25.3 Å². The van der Waals surface area contributed by atoms with Gasteiger partial charge in [0.15, 0.2) is 0 Å². The number of likely N-dealkylation sites (N-methyl/N-ethyl adjacent to an activating group) is 1. The Morgan fingerprint density at radius 2 is 1.70 bits per heavy atom. The fraction of sp³-hybridized carbons (Fsp3) is 0.350. The van der Waals surface area contributed by atoms with E-state index in [4.69, 9.17) is 0 Å². The van der Waals surface area contributed by atoms with Crippen molar-refractivity contribution in [3.05, 3.63) is 57.6 Å². The molecular formula is C20H24N4O3. The van der Waals surface area contributed by atoms with Gasteiger partial charge >= 0.3 is 0 Å². The van der Waals surface area contributed by atoms with Crippen LogP contribution in [0.3, 0.4) is 0 Å². The second kappa shape index (κ2) is 6.90. The van der Waals surface area contributed by atoms with Crippen molar-refractivity contribution in [1.29, 1.82) is 0 Å². The molecule has 1 N–H and O–H groups in total. The summed E-state index contributed by atoms with van der Waals surface area (Å²) >= 11 is 0. The third-order valence-corrected chi connectivity index (χ3v) is 4.80. The van der Waals surface area contributed by atoms with Crippen LogP contribution in [0.25, 0.3) is 11.3 Å². The summed E-state index contributed by atoms with van der Waals surface area (Å²) in [5.41, 5.74) is 1.56. The molecule has 2 heterocycles. The van der Waals surface area contributed by atoms with E-state index in [1.807, 2.05) is 25.1 Å². The van der Waals surface area contributed by atoms with E-state index in [1.165, 1.54) is 9.58 Å². The molecule has 0 bridgehead atoms. The zero-order valence-corrected chi connectivity index (χ0v) is 16.2. The molecule has 0 radical (unpaired) electrons. The fourth-order valence-electron chi connectivity index (χ4n) is 3.34. The minimum atomic E-state index is -0.426. The minimum Gasteiger partial charge on any atom is -0.370 e. The topological polar surface area (TPSA) is 78.4 Å². The Kier molecular flexibility index (Phi) is 4.78. The number of aryl methyl sites for hydroxylation is 1. The van der Waals surface area contributed by atoms with Gasteiger partial charge in [-0.1, -0.05) is 18.2 Å². The van der Waals surface area contributed by atoms with Gasteiger partial charge in [-0.25, -0.2) is 4.68 Å². The predicted octanol–water partition coefficient (Wildman–Crippen LogP) is 1.91. The number of carbonyl (C=O) groups excluding carboxylic acids is 2. The third kappa shape index (κ3) is 2.89. The predicted molar refractivity (Wildman–Crippen MR) is 103 cm³/mol. The average molecular weight is 368 g/mol. The lowest BCUT2D eigenvalue weighted by Crippen LogP contribution is -2.39. The number of carbonyl (C=O) groups is 2. The van der Waals surface area contributed by atoms with Gasteiger partial charge in [-0.3, -0.25) is 24.4 Å². The monoisotopic (exact) mass is 368 g/mol. The van der Waals surface area contributed by atoms with Crippen molar-refractivity contribution in [2.75, 3.05) is 13.6 Å². The minimum absolute atomic E-state index is 0.173. The maximum absolute atomic E-state index is 13.2. The van der Waals surface area contributed by atoms with Gasteiger partial charge < -0.3 is 4.90 Å². The van der Waals surface area contributed by atoms with E-state index in [0.29, 0.717) is 17.9 Å². The van der Waals surface area contributed by atoms with Crippen molar-refractivity contribution in [3.63, 3.8) is 0 Å². The molecule has 1 aromatic heterocycles. The lowest BCUT2D eigenvalue weighted by Gasteiger charge is -2.21. The number of aromatic amines is 1. The summed E-state index contributed by atoms with van der Waals surface area (Å²) in [6.07, 6.45) is 0. The van der Waals surface area contributed by atoms with E-state index >= 15 is 0 Å². The molecule has 0 saturated carbocycles. The van der Waals surface area contributed by atoms with Crippen LogP contribution in [0, 0.1) is 6.92 Å². The van der Waals surface area contributed by atoms with Crippen LogP contribution < -0.4 is 5.56 Å². The zero-order valence-electron chi connectivity index (χ0n) is 16.2. The van der Waals surface area contributed by atoms with E-state index < -0.39 is 5.91 Å². The van der Waals surface area contributed by atoms with Gasteiger partial charge in [0.1, 0.15) is 5.70 Å². The number of amides is 2. The maximum Gasteiger partial charge on any atom is 0.279 e. The van der Waals surface area contributed by atoms with Gasteiger partial charge in [-0.2, -0.15) is 0 Å². The number of hydrogen-bond donors (Lipinski definition) is 1. The van der Waals surface area contributed by atoms with Crippen molar-refractivity contribution >= 4 is 17.4 Å². The molecule has 0 atom stereocenters. The highest BCUT2D eigenvalue weighted by molar-refractivity contribution is 6.35. The highest BCUT2D eigenvalue weighted by atomic mass is 16.2. The first kappa shape index (κ1) is 18.7. The Balaban J connectivity index is 2.26. The molecule has 7 nitrogen and oxygen atoms in total. The maximum atomic E-state index is 13.2. The van der Waals surface area contributed by atoms with Crippen LogP contribution >= 0.6 is 0 Å². The van der Waals surface area contributed by atoms with E-state index in [9.17, 15) is 14.4 Å². The molecule has 3 rings (SSSR count). The Morgan fingerprint density at radius 1 is 1.07 bits per heavy atom. The smallest absolute Gasteiger partial charge is 0.279 e. The number of H-pyrrole nitrogens is 1. The van der Waals surface area contributed by atoms with Gasteiger partial charge in [-0.05, 0) is 39.8 Å². The van der Waals surface area contributed by atoms with Crippen LogP contribution in [-0.4, -0.2) is 51.0 Å². The second-order valence-electron chi connectivity index (χ2n) is 6.90. The molecule has 1 aromatic carbocycles. The van der Waals surface area contributed by atoms with Gasteiger partial charge in [0.25, 0.3) is 17.4 Å².